The van der Waals surface area contributed by atoms with E-state index in [9.17, 15) is 18.3 Å². The van der Waals surface area contributed by atoms with Crippen LogP contribution in [0.5, 0.6) is 0 Å². The molecule has 0 aromatic carbocycles. The molecule has 1 rings (SSSR count). The molecule has 6 nitrogen and oxygen atoms in total. The first-order valence-corrected chi connectivity index (χ1v) is 4.61. The van der Waals surface area contributed by atoms with E-state index in [1.54, 1.807) is 13.8 Å². The van der Waals surface area contributed by atoms with Crippen molar-refractivity contribution < 1.29 is 32.6 Å². The average Bonchev–Trinajstić information content (AvgIpc) is 2.59. The molecule has 0 fully saturated rings. The Bertz CT molecular complexity index is 425. The molecular formula is C8H10F3N3O3. The number of hydrogen-bond donors (Lipinski definition) is 1. The summed E-state index contributed by atoms with van der Waals surface area (Å²) in [6, 6.07) is -0.245. The van der Waals surface area contributed by atoms with Crippen LogP contribution >= 0.6 is 0 Å². The maximum absolute atomic E-state index is 12.0. The highest BCUT2D eigenvalue weighted by atomic mass is 19.4. The summed E-state index contributed by atoms with van der Waals surface area (Å²) >= 11 is 0. The molecule has 0 spiro atoms. The third-order valence-electron chi connectivity index (χ3n) is 1.82. The van der Waals surface area contributed by atoms with Gasteiger partial charge in [-0.3, -0.25) is 4.52 Å². The maximum atomic E-state index is 12.0. The highest BCUT2D eigenvalue weighted by Crippen LogP contribution is 2.21. The normalized spacial score (nSPS) is 13.5. The Balaban J connectivity index is 3.16. The smallest absolute Gasteiger partial charge is 0.419 e. The summed E-state index contributed by atoms with van der Waals surface area (Å²) in [7, 11) is 0. The van der Waals surface area contributed by atoms with Gasteiger partial charge < -0.3 is 10.2 Å². The van der Waals surface area contributed by atoms with Crippen LogP contribution in [-0.2, 0) is 6.61 Å². The Morgan fingerprint density at radius 2 is 2.18 bits per heavy atom. The van der Waals surface area contributed by atoms with E-state index in [1.165, 1.54) is 0 Å². The molecule has 96 valence electrons. The zero-order valence-electron chi connectivity index (χ0n) is 9.02. The van der Waals surface area contributed by atoms with Crippen LogP contribution in [0.25, 0.3) is 0 Å². The second-order valence-electron chi connectivity index (χ2n) is 3.44. The summed E-state index contributed by atoms with van der Waals surface area (Å²) in [6.07, 6.45) is -5.08. The quantitative estimate of drug-likeness (QED) is 0.466. The molecule has 1 aromatic heterocycles. The van der Waals surface area contributed by atoms with Crippen molar-refractivity contribution in [2.45, 2.75) is 32.7 Å². The number of halogens is 3. The summed E-state index contributed by atoms with van der Waals surface area (Å²) in [6.45, 7) is 2.72. The van der Waals surface area contributed by atoms with E-state index in [0.29, 0.717) is 0 Å². The zero-order valence-corrected chi connectivity index (χ0v) is 9.02. The molecule has 0 atom stereocenters. The van der Waals surface area contributed by atoms with Crippen molar-refractivity contribution >= 4 is 11.8 Å². The molecule has 1 N–H and O–H groups in total. The second kappa shape index (κ2) is 4.70. The monoisotopic (exact) mass is 253 g/mol. The number of aromatic nitrogens is 2. The first-order valence-electron chi connectivity index (χ1n) is 4.61. The van der Waals surface area contributed by atoms with E-state index in [-0.39, 0.29) is 11.7 Å². The topological polar surface area (TPSA) is 85.6 Å². The van der Waals surface area contributed by atoms with E-state index in [2.05, 4.69) is 14.8 Å². The maximum Gasteiger partial charge on any atom is 0.419 e. The minimum atomic E-state index is -5.08. The lowest BCUT2D eigenvalue weighted by atomic mass is 10.3. The average molecular weight is 253 g/mol. The highest BCUT2D eigenvalue weighted by molar-refractivity contribution is 5.79. The lowest BCUT2D eigenvalue weighted by Crippen LogP contribution is -2.41. The van der Waals surface area contributed by atoms with Gasteiger partial charge in [-0.2, -0.15) is 13.2 Å². The van der Waals surface area contributed by atoms with Crippen molar-refractivity contribution in [3.8, 4) is 0 Å². The van der Waals surface area contributed by atoms with Crippen LogP contribution in [0.4, 0.5) is 19.1 Å². The number of aliphatic imine (C=N–C) groups is 1. The van der Waals surface area contributed by atoms with E-state index in [4.69, 9.17) is 5.11 Å². The predicted molar refractivity (Wildman–Crippen MR) is 46.2 cm³/mol. The number of hydrogen-bond acceptors (Lipinski definition) is 5. The van der Waals surface area contributed by atoms with Crippen LogP contribution in [0.3, 0.4) is 0 Å². The summed E-state index contributed by atoms with van der Waals surface area (Å²) < 4.78 is 41.5. The van der Waals surface area contributed by atoms with Gasteiger partial charge >= 0.3 is 17.8 Å². The number of alkyl halides is 3. The Morgan fingerprint density at radius 1 is 1.59 bits per heavy atom. The van der Waals surface area contributed by atoms with Crippen molar-refractivity contribution in [2.75, 3.05) is 0 Å². The molecule has 1 aromatic rings. The minimum Gasteiger partial charge on any atom is -0.855 e. The highest BCUT2D eigenvalue weighted by Gasteiger charge is 2.31. The zero-order chi connectivity index (χ0) is 13.2. The number of rotatable bonds is 3. The standard InChI is InChI=1S/C8H10F3N3O3/c1-4(2)14-5(3-15)6(17-13-14)12-7(16)8(9,10)11/h4,15H,3H2,1-2H3. The molecule has 0 amide bonds. The van der Waals surface area contributed by atoms with Gasteiger partial charge in [0.05, 0.1) is 5.90 Å². The van der Waals surface area contributed by atoms with Gasteiger partial charge in [-0.05, 0) is 4.68 Å². The molecule has 0 aliphatic carbocycles. The van der Waals surface area contributed by atoms with Crippen LogP contribution < -0.4 is 9.79 Å². The summed E-state index contributed by atoms with van der Waals surface area (Å²) in [5.74, 6) is -2.94. The number of aliphatic hydroxyl groups excluding tert-OH is 1. The van der Waals surface area contributed by atoms with Crippen molar-refractivity contribution in [1.29, 1.82) is 0 Å². The fourth-order valence-electron chi connectivity index (χ4n) is 1.07. The molecular weight excluding hydrogens is 243 g/mol. The van der Waals surface area contributed by atoms with Crippen molar-refractivity contribution in [3.05, 3.63) is 5.69 Å². The van der Waals surface area contributed by atoms with Gasteiger partial charge in [-0.15, -0.1) is 0 Å². The molecule has 0 bridgehead atoms. The fourth-order valence-corrected chi connectivity index (χ4v) is 1.07. The molecule has 0 saturated carbocycles. The number of nitrogens with zero attached hydrogens (tertiary/aromatic N) is 3. The Labute approximate surface area is 94.0 Å². The van der Waals surface area contributed by atoms with E-state index < -0.39 is 24.6 Å². The SMILES string of the molecule is CC(C)[n+]1noc(/N=C(\[O-])C(F)(F)F)c1CO. The van der Waals surface area contributed by atoms with Crippen LogP contribution in [0, 0.1) is 0 Å². The first-order chi connectivity index (χ1) is 7.77. The molecule has 0 aliphatic rings. The molecule has 0 radical (unpaired) electrons. The largest absolute Gasteiger partial charge is 0.855 e. The van der Waals surface area contributed by atoms with Gasteiger partial charge in [0, 0.05) is 13.8 Å². The van der Waals surface area contributed by atoms with Crippen LogP contribution in [0.15, 0.2) is 9.52 Å². The number of aliphatic hydroxyl groups is 1. The van der Waals surface area contributed by atoms with Crippen LogP contribution in [0.2, 0.25) is 0 Å². The van der Waals surface area contributed by atoms with Gasteiger partial charge in [0.2, 0.25) is 5.27 Å². The van der Waals surface area contributed by atoms with E-state index >= 15 is 0 Å². The Kier molecular flexibility index (Phi) is 3.71. The van der Waals surface area contributed by atoms with Gasteiger partial charge in [0.15, 0.2) is 6.04 Å². The summed E-state index contributed by atoms with van der Waals surface area (Å²) in [5, 5.41) is 23.0. The molecule has 0 aliphatic heterocycles. The molecule has 0 unspecified atom stereocenters. The Morgan fingerprint density at radius 3 is 2.59 bits per heavy atom. The molecule has 1 heterocycles. The van der Waals surface area contributed by atoms with Gasteiger partial charge in [-0.25, -0.2) is 4.99 Å². The molecule has 9 heteroatoms. The van der Waals surface area contributed by atoms with E-state index in [1.807, 2.05) is 0 Å². The summed E-state index contributed by atoms with van der Waals surface area (Å²) in [4.78, 5) is 2.73. The lowest BCUT2D eigenvalue weighted by molar-refractivity contribution is -0.786. The first kappa shape index (κ1) is 13.4. The van der Waals surface area contributed by atoms with Gasteiger partial charge in [0.25, 0.3) is 0 Å². The van der Waals surface area contributed by atoms with Crippen molar-refractivity contribution in [2.24, 2.45) is 4.99 Å². The fraction of sp³-hybridized carbons (Fsp3) is 0.625. The molecule has 17 heavy (non-hydrogen) atoms. The van der Waals surface area contributed by atoms with Gasteiger partial charge in [-0.1, -0.05) is 0 Å². The minimum absolute atomic E-state index is 0.0856. The third kappa shape index (κ3) is 2.93. The Hall–Kier alpha value is -1.64. The predicted octanol–water partition coefficient (Wildman–Crippen LogP) is -0.0121. The lowest BCUT2D eigenvalue weighted by Gasteiger charge is -2.12. The van der Waals surface area contributed by atoms with E-state index in [0.717, 1.165) is 4.68 Å². The van der Waals surface area contributed by atoms with Crippen molar-refractivity contribution in [1.82, 2.24) is 5.27 Å². The van der Waals surface area contributed by atoms with Crippen molar-refractivity contribution in [3.63, 3.8) is 0 Å². The summed E-state index contributed by atoms with van der Waals surface area (Å²) in [5.41, 5.74) is -0.0856. The molecule has 0 saturated heterocycles. The van der Waals surface area contributed by atoms with Gasteiger partial charge in [0.1, 0.15) is 6.61 Å². The second-order valence-corrected chi connectivity index (χ2v) is 3.44. The van der Waals surface area contributed by atoms with Crippen LogP contribution in [0.1, 0.15) is 25.6 Å². The van der Waals surface area contributed by atoms with Crippen LogP contribution in [-0.4, -0.2) is 22.5 Å². The third-order valence-corrected chi connectivity index (χ3v) is 1.82.